The third kappa shape index (κ3) is 2.76. The van der Waals surface area contributed by atoms with E-state index in [4.69, 9.17) is 11.1 Å². The third-order valence-corrected chi connectivity index (χ3v) is 4.23. The van der Waals surface area contributed by atoms with Gasteiger partial charge >= 0.3 is 0 Å². The number of hydrogen-bond acceptors (Lipinski definition) is 3. The maximum absolute atomic E-state index is 7.28. The van der Waals surface area contributed by atoms with Gasteiger partial charge < -0.3 is 11.1 Å². The van der Waals surface area contributed by atoms with Gasteiger partial charge in [0.05, 0.1) is 0 Å². The van der Waals surface area contributed by atoms with Gasteiger partial charge in [0.25, 0.3) is 0 Å². The standard InChI is InChI=1S/C9H17N3S.HI/c10-9(11)13-8-5-12-7-4-2-1-3-6(7)8;/h6-8,12H,1-5H2,(H3,10,11);1H. The first-order valence-electron chi connectivity index (χ1n) is 5.01. The van der Waals surface area contributed by atoms with Crippen molar-refractivity contribution in [1.82, 2.24) is 5.32 Å². The molecule has 2 aliphatic rings. The van der Waals surface area contributed by atoms with Crippen molar-refractivity contribution >= 4 is 40.9 Å². The summed E-state index contributed by atoms with van der Waals surface area (Å²) in [5.41, 5.74) is 5.41. The van der Waals surface area contributed by atoms with Crippen LogP contribution in [0.3, 0.4) is 0 Å². The molecular formula is C9H18IN3S. The zero-order valence-electron chi connectivity index (χ0n) is 8.16. The van der Waals surface area contributed by atoms with Gasteiger partial charge in [-0.3, -0.25) is 5.41 Å². The smallest absolute Gasteiger partial charge is 0.151 e. The lowest BCUT2D eigenvalue weighted by atomic mass is 9.85. The van der Waals surface area contributed by atoms with Crippen molar-refractivity contribution in [3.8, 4) is 0 Å². The average molecular weight is 327 g/mol. The SMILES string of the molecule is I.N=C(N)SC1CNC2CCCCC21. The molecule has 1 aliphatic carbocycles. The van der Waals surface area contributed by atoms with E-state index in [-0.39, 0.29) is 29.1 Å². The summed E-state index contributed by atoms with van der Waals surface area (Å²) in [6.07, 6.45) is 5.37. The molecule has 0 amide bonds. The molecule has 1 saturated carbocycles. The first kappa shape index (κ1) is 12.6. The number of fused-ring (bicyclic) bond motifs is 1. The van der Waals surface area contributed by atoms with E-state index in [0.29, 0.717) is 11.3 Å². The highest BCUT2D eigenvalue weighted by atomic mass is 127. The molecule has 5 heteroatoms. The lowest BCUT2D eigenvalue weighted by Gasteiger charge is -2.27. The van der Waals surface area contributed by atoms with Crippen LogP contribution in [0.25, 0.3) is 0 Å². The Labute approximate surface area is 106 Å². The molecule has 0 aromatic carbocycles. The van der Waals surface area contributed by atoms with Gasteiger partial charge in [-0.25, -0.2) is 0 Å². The maximum Gasteiger partial charge on any atom is 0.151 e. The van der Waals surface area contributed by atoms with Crippen molar-refractivity contribution in [3.63, 3.8) is 0 Å². The minimum atomic E-state index is 0. The maximum atomic E-state index is 7.28. The molecule has 1 aliphatic heterocycles. The lowest BCUT2D eigenvalue weighted by molar-refractivity contribution is 0.330. The Morgan fingerprint density at radius 3 is 2.79 bits per heavy atom. The van der Waals surface area contributed by atoms with E-state index in [2.05, 4.69) is 5.32 Å². The molecule has 0 aromatic rings. The Balaban J connectivity index is 0.000000980. The predicted molar refractivity (Wildman–Crippen MR) is 72.5 cm³/mol. The fourth-order valence-electron chi connectivity index (χ4n) is 2.57. The molecule has 0 spiro atoms. The quantitative estimate of drug-likeness (QED) is 0.391. The van der Waals surface area contributed by atoms with E-state index in [1.807, 2.05) is 0 Å². The number of nitrogens with one attached hydrogen (secondary N) is 2. The van der Waals surface area contributed by atoms with Gasteiger partial charge in [0.1, 0.15) is 0 Å². The average Bonchev–Trinajstić information content (AvgIpc) is 2.48. The first-order chi connectivity index (χ1) is 6.27. The van der Waals surface area contributed by atoms with Crippen LogP contribution in [0, 0.1) is 11.3 Å². The zero-order chi connectivity index (χ0) is 9.26. The Hall–Kier alpha value is 0.510. The lowest BCUT2D eigenvalue weighted by Crippen LogP contribution is -2.30. The summed E-state index contributed by atoms with van der Waals surface area (Å²) in [6.45, 7) is 1.04. The number of thioether (sulfide) groups is 1. The molecule has 0 radical (unpaired) electrons. The fourth-order valence-corrected chi connectivity index (χ4v) is 3.58. The van der Waals surface area contributed by atoms with Gasteiger partial charge in [0, 0.05) is 17.8 Å². The summed E-state index contributed by atoms with van der Waals surface area (Å²) in [6, 6.07) is 0.714. The highest BCUT2D eigenvalue weighted by molar-refractivity contribution is 14.0. The Morgan fingerprint density at radius 1 is 1.36 bits per heavy atom. The molecule has 3 atom stereocenters. The minimum Gasteiger partial charge on any atom is -0.379 e. The summed E-state index contributed by atoms with van der Waals surface area (Å²) >= 11 is 1.55. The molecule has 1 saturated heterocycles. The third-order valence-electron chi connectivity index (χ3n) is 3.16. The van der Waals surface area contributed by atoms with Crippen molar-refractivity contribution in [2.45, 2.75) is 37.0 Å². The molecule has 1 heterocycles. The van der Waals surface area contributed by atoms with E-state index < -0.39 is 0 Å². The van der Waals surface area contributed by atoms with Crippen LogP contribution in [0.1, 0.15) is 25.7 Å². The molecule has 3 nitrogen and oxygen atoms in total. The van der Waals surface area contributed by atoms with E-state index in [1.165, 1.54) is 25.7 Å². The second-order valence-electron chi connectivity index (χ2n) is 3.98. The van der Waals surface area contributed by atoms with Gasteiger partial charge in [0.2, 0.25) is 0 Å². The van der Waals surface area contributed by atoms with Crippen LogP contribution in [0.2, 0.25) is 0 Å². The van der Waals surface area contributed by atoms with E-state index in [0.717, 1.165) is 12.5 Å². The van der Waals surface area contributed by atoms with Crippen LogP contribution < -0.4 is 11.1 Å². The van der Waals surface area contributed by atoms with Crippen molar-refractivity contribution in [1.29, 1.82) is 5.41 Å². The first-order valence-corrected chi connectivity index (χ1v) is 5.89. The molecule has 3 unspecified atom stereocenters. The normalized spacial score (nSPS) is 35.9. The number of hydrogen-bond donors (Lipinski definition) is 3. The summed E-state index contributed by atoms with van der Waals surface area (Å²) < 4.78 is 0. The van der Waals surface area contributed by atoms with Crippen molar-refractivity contribution in [3.05, 3.63) is 0 Å². The Morgan fingerprint density at radius 2 is 2.07 bits per heavy atom. The highest BCUT2D eigenvalue weighted by Gasteiger charge is 2.37. The number of rotatable bonds is 1. The largest absolute Gasteiger partial charge is 0.379 e. The van der Waals surface area contributed by atoms with E-state index in [1.54, 1.807) is 11.8 Å². The summed E-state index contributed by atoms with van der Waals surface area (Å²) in [5.74, 6) is 0.766. The van der Waals surface area contributed by atoms with Crippen LogP contribution in [-0.4, -0.2) is 23.0 Å². The monoisotopic (exact) mass is 327 g/mol. The van der Waals surface area contributed by atoms with Gasteiger partial charge in [-0.1, -0.05) is 24.6 Å². The van der Waals surface area contributed by atoms with Crippen molar-refractivity contribution in [2.75, 3.05) is 6.54 Å². The predicted octanol–water partition coefficient (Wildman–Crippen LogP) is 1.76. The molecule has 14 heavy (non-hydrogen) atoms. The number of halogens is 1. The second-order valence-corrected chi connectivity index (χ2v) is 5.26. The molecule has 0 aromatic heterocycles. The van der Waals surface area contributed by atoms with Gasteiger partial charge in [0.15, 0.2) is 5.17 Å². The van der Waals surface area contributed by atoms with Crippen molar-refractivity contribution in [2.24, 2.45) is 11.7 Å². The summed E-state index contributed by atoms with van der Waals surface area (Å²) in [5, 5.41) is 11.7. The van der Waals surface area contributed by atoms with Gasteiger partial charge in [-0.15, -0.1) is 24.0 Å². The summed E-state index contributed by atoms with van der Waals surface area (Å²) in [4.78, 5) is 0. The molecule has 4 N–H and O–H groups in total. The van der Waals surface area contributed by atoms with E-state index >= 15 is 0 Å². The van der Waals surface area contributed by atoms with Crippen LogP contribution in [0.5, 0.6) is 0 Å². The Bertz CT molecular complexity index is 212. The van der Waals surface area contributed by atoms with Gasteiger partial charge in [-0.2, -0.15) is 0 Å². The molecular weight excluding hydrogens is 309 g/mol. The van der Waals surface area contributed by atoms with Crippen LogP contribution in [0.4, 0.5) is 0 Å². The topological polar surface area (TPSA) is 61.9 Å². The zero-order valence-corrected chi connectivity index (χ0v) is 11.3. The van der Waals surface area contributed by atoms with Gasteiger partial charge in [-0.05, 0) is 18.8 Å². The van der Waals surface area contributed by atoms with E-state index in [9.17, 15) is 0 Å². The van der Waals surface area contributed by atoms with Crippen LogP contribution in [0.15, 0.2) is 0 Å². The van der Waals surface area contributed by atoms with Crippen LogP contribution >= 0.6 is 35.7 Å². The van der Waals surface area contributed by atoms with Crippen LogP contribution in [-0.2, 0) is 0 Å². The minimum absolute atomic E-state index is 0. The highest BCUT2D eigenvalue weighted by Crippen LogP contribution is 2.36. The number of nitrogens with two attached hydrogens (primary N) is 1. The second kappa shape index (κ2) is 5.55. The fraction of sp³-hybridized carbons (Fsp3) is 0.889. The molecule has 2 rings (SSSR count). The molecule has 2 fully saturated rings. The molecule has 82 valence electrons. The Kier molecular flexibility index (Phi) is 4.99. The summed E-state index contributed by atoms with van der Waals surface area (Å²) in [7, 11) is 0. The van der Waals surface area contributed by atoms with Crippen molar-refractivity contribution < 1.29 is 0 Å². The molecule has 0 bridgehead atoms. The number of amidine groups is 1.